The average molecular weight is 533 g/mol. The van der Waals surface area contributed by atoms with Gasteiger partial charge < -0.3 is 9.88 Å². The van der Waals surface area contributed by atoms with Gasteiger partial charge in [0.05, 0.1) is 21.7 Å². The molecule has 0 atom stereocenters. The predicted octanol–water partition coefficient (Wildman–Crippen LogP) is 6.33. The molecule has 2 aromatic heterocycles. The van der Waals surface area contributed by atoms with Crippen LogP contribution in [0.5, 0.6) is 0 Å². The van der Waals surface area contributed by atoms with E-state index in [2.05, 4.69) is 9.88 Å². The molecule has 1 aliphatic heterocycles. The average Bonchev–Trinajstić information content (AvgIpc) is 3.67. The number of Topliss-reactive ketones (excluding diaryl/α,β-unsaturated/α-hetero) is 1. The topological polar surface area (TPSA) is 69.3 Å². The second-order valence-corrected chi connectivity index (χ2v) is 10.9. The lowest BCUT2D eigenvalue weighted by Gasteiger charge is -2.34. The Hall–Kier alpha value is -3.29. The van der Waals surface area contributed by atoms with Crippen molar-refractivity contribution in [3.05, 3.63) is 64.4 Å². The van der Waals surface area contributed by atoms with Gasteiger partial charge in [-0.05, 0) is 67.6 Å². The number of benzene rings is 2. The van der Waals surface area contributed by atoms with Crippen molar-refractivity contribution < 1.29 is 14.0 Å². The van der Waals surface area contributed by atoms with E-state index in [1.54, 1.807) is 12.1 Å². The standard InChI is InChI=1S/C30H30ClFN4O2/c1-2-3-27(37)22-16-25(19-7-9-24(32)23(31)14-19)33-28-21-8-6-20(15-26(21)34-29(22)28)30(38)36-12-10-35(11-13-36)17-18-4-5-18/h6-9,14-16,18,34H,2-5,10-13,17H2,1H3. The fraction of sp³-hybridized carbons (Fsp3) is 0.367. The molecule has 1 amide bonds. The summed E-state index contributed by atoms with van der Waals surface area (Å²) in [5.74, 6) is 0.368. The zero-order chi connectivity index (χ0) is 26.4. The Labute approximate surface area is 225 Å². The Morgan fingerprint density at radius 3 is 2.58 bits per heavy atom. The summed E-state index contributed by atoms with van der Waals surface area (Å²) < 4.78 is 13.8. The number of ketones is 1. The fourth-order valence-electron chi connectivity index (χ4n) is 5.36. The van der Waals surface area contributed by atoms with Gasteiger partial charge >= 0.3 is 0 Å². The van der Waals surface area contributed by atoms with E-state index in [1.165, 1.54) is 25.0 Å². The molecule has 6 nitrogen and oxygen atoms in total. The number of aromatic nitrogens is 2. The maximum absolute atomic E-state index is 13.8. The summed E-state index contributed by atoms with van der Waals surface area (Å²) in [6, 6.07) is 11.8. The van der Waals surface area contributed by atoms with E-state index in [9.17, 15) is 14.0 Å². The summed E-state index contributed by atoms with van der Waals surface area (Å²) in [7, 11) is 0. The van der Waals surface area contributed by atoms with Crippen molar-refractivity contribution in [2.75, 3.05) is 32.7 Å². The van der Waals surface area contributed by atoms with Crippen LogP contribution < -0.4 is 0 Å². The maximum Gasteiger partial charge on any atom is 0.254 e. The van der Waals surface area contributed by atoms with Crippen molar-refractivity contribution in [3.8, 4) is 11.3 Å². The van der Waals surface area contributed by atoms with E-state index in [-0.39, 0.29) is 16.7 Å². The normalized spacial score (nSPS) is 16.4. The summed E-state index contributed by atoms with van der Waals surface area (Å²) in [6.45, 7) is 6.42. The minimum Gasteiger partial charge on any atom is -0.353 e. The smallest absolute Gasteiger partial charge is 0.254 e. The minimum absolute atomic E-state index is 0.00119. The van der Waals surface area contributed by atoms with Crippen LogP contribution in [-0.2, 0) is 0 Å². The minimum atomic E-state index is -0.507. The number of nitrogens with one attached hydrogen (secondary N) is 1. The molecule has 0 spiro atoms. The van der Waals surface area contributed by atoms with Crippen LogP contribution in [0.3, 0.4) is 0 Å². The molecule has 3 heterocycles. The number of carbonyl (C=O) groups is 2. The lowest BCUT2D eigenvalue weighted by atomic mass is 10.0. The van der Waals surface area contributed by atoms with Crippen LogP contribution in [0.15, 0.2) is 42.5 Å². The lowest BCUT2D eigenvalue weighted by molar-refractivity contribution is 0.0632. The summed E-state index contributed by atoms with van der Waals surface area (Å²) >= 11 is 6.04. The van der Waals surface area contributed by atoms with Crippen LogP contribution in [0, 0.1) is 11.7 Å². The molecule has 2 aromatic carbocycles. The number of hydrogen-bond acceptors (Lipinski definition) is 4. The number of rotatable bonds is 7. The van der Waals surface area contributed by atoms with Crippen molar-refractivity contribution in [1.29, 1.82) is 0 Å². The molecule has 38 heavy (non-hydrogen) atoms. The monoisotopic (exact) mass is 532 g/mol. The van der Waals surface area contributed by atoms with Gasteiger partial charge in [-0.25, -0.2) is 9.37 Å². The van der Waals surface area contributed by atoms with Crippen LogP contribution in [0.25, 0.3) is 33.2 Å². The summed E-state index contributed by atoms with van der Waals surface area (Å²) in [4.78, 5) is 39.1. The number of pyridine rings is 1. The summed E-state index contributed by atoms with van der Waals surface area (Å²) in [5.41, 5.74) is 4.37. The molecule has 1 saturated carbocycles. The molecule has 1 N–H and O–H groups in total. The third-order valence-corrected chi connectivity index (χ3v) is 7.96. The first-order chi connectivity index (χ1) is 18.4. The quantitative estimate of drug-likeness (QED) is 0.282. The van der Waals surface area contributed by atoms with Gasteiger partial charge in [-0.3, -0.25) is 14.5 Å². The molecule has 0 bridgehead atoms. The van der Waals surface area contributed by atoms with Crippen molar-refractivity contribution in [2.45, 2.75) is 32.6 Å². The van der Waals surface area contributed by atoms with Gasteiger partial charge in [0.1, 0.15) is 5.82 Å². The number of hydrogen-bond donors (Lipinski definition) is 1. The highest BCUT2D eigenvalue weighted by Gasteiger charge is 2.28. The van der Waals surface area contributed by atoms with E-state index in [0.717, 1.165) is 49.5 Å². The SMILES string of the molecule is CCCC(=O)c1cc(-c2ccc(F)c(Cl)c2)nc2c1[nH]c1cc(C(=O)N3CCN(CC4CC4)CC3)ccc12. The maximum atomic E-state index is 13.8. The number of amides is 1. The van der Waals surface area contributed by atoms with Crippen LogP contribution in [0.1, 0.15) is 53.3 Å². The first-order valence-electron chi connectivity index (χ1n) is 13.4. The third kappa shape index (κ3) is 4.81. The van der Waals surface area contributed by atoms with Gasteiger partial charge in [-0.1, -0.05) is 18.5 Å². The van der Waals surface area contributed by atoms with Crippen LogP contribution in [-0.4, -0.2) is 64.2 Å². The Morgan fingerprint density at radius 1 is 1.08 bits per heavy atom. The van der Waals surface area contributed by atoms with Gasteiger partial charge in [0.25, 0.3) is 5.91 Å². The Bertz CT molecular complexity index is 1550. The lowest BCUT2D eigenvalue weighted by Crippen LogP contribution is -2.49. The van der Waals surface area contributed by atoms with E-state index in [4.69, 9.17) is 16.6 Å². The number of nitrogens with zero attached hydrogens (tertiary/aromatic N) is 3. The van der Waals surface area contributed by atoms with Crippen molar-refractivity contribution in [1.82, 2.24) is 19.8 Å². The highest BCUT2D eigenvalue weighted by molar-refractivity contribution is 6.31. The molecular formula is C30H30ClFN4O2. The Morgan fingerprint density at radius 2 is 1.87 bits per heavy atom. The van der Waals surface area contributed by atoms with E-state index in [1.807, 2.05) is 30.0 Å². The molecule has 6 rings (SSSR count). The van der Waals surface area contributed by atoms with E-state index >= 15 is 0 Å². The highest BCUT2D eigenvalue weighted by Crippen LogP contribution is 2.33. The number of fused-ring (bicyclic) bond motifs is 3. The van der Waals surface area contributed by atoms with Crippen LogP contribution >= 0.6 is 11.6 Å². The molecule has 8 heteroatoms. The number of piperazine rings is 1. The number of aromatic amines is 1. The molecule has 1 aliphatic carbocycles. The van der Waals surface area contributed by atoms with Crippen LogP contribution in [0.2, 0.25) is 5.02 Å². The molecule has 0 unspecified atom stereocenters. The number of halogens is 2. The van der Waals surface area contributed by atoms with Gasteiger partial charge in [-0.2, -0.15) is 0 Å². The zero-order valence-electron chi connectivity index (χ0n) is 21.4. The van der Waals surface area contributed by atoms with Crippen molar-refractivity contribution in [3.63, 3.8) is 0 Å². The fourth-order valence-corrected chi connectivity index (χ4v) is 5.54. The largest absolute Gasteiger partial charge is 0.353 e. The first-order valence-corrected chi connectivity index (χ1v) is 13.8. The predicted molar refractivity (Wildman–Crippen MR) is 148 cm³/mol. The second kappa shape index (κ2) is 10.1. The Kier molecular flexibility index (Phi) is 6.66. The number of H-pyrrole nitrogens is 1. The van der Waals surface area contributed by atoms with Gasteiger partial charge in [-0.15, -0.1) is 0 Å². The van der Waals surface area contributed by atoms with Gasteiger partial charge in [0.15, 0.2) is 5.78 Å². The third-order valence-electron chi connectivity index (χ3n) is 7.67. The summed E-state index contributed by atoms with van der Waals surface area (Å²) in [5, 5.41) is 0.827. The Balaban J connectivity index is 1.36. The summed E-state index contributed by atoms with van der Waals surface area (Å²) in [6.07, 6.45) is 3.79. The van der Waals surface area contributed by atoms with Gasteiger partial charge in [0.2, 0.25) is 0 Å². The molecule has 2 fully saturated rings. The van der Waals surface area contributed by atoms with Crippen molar-refractivity contribution in [2.24, 2.45) is 5.92 Å². The zero-order valence-corrected chi connectivity index (χ0v) is 22.2. The molecule has 196 valence electrons. The molecule has 0 radical (unpaired) electrons. The van der Waals surface area contributed by atoms with Crippen molar-refractivity contribution >= 4 is 45.2 Å². The molecular weight excluding hydrogens is 503 g/mol. The number of carbonyl (C=O) groups excluding carboxylic acids is 2. The molecule has 2 aliphatic rings. The highest BCUT2D eigenvalue weighted by atomic mass is 35.5. The van der Waals surface area contributed by atoms with Crippen LogP contribution in [0.4, 0.5) is 4.39 Å². The van der Waals surface area contributed by atoms with E-state index < -0.39 is 5.82 Å². The second-order valence-electron chi connectivity index (χ2n) is 10.5. The molecule has 1 saturated heterocycles. The van der Waals surface area contributed by atoms with E-state index in [0.29, 0.717) is 46.3 Å². The van der Waals surface area contributed by atoms with Gasteiger partial charge in [0, 0.05) is 66.7 Å². The first kappa shape index (κ1) is 25.0. The molecule has 4 aromatic rings.